The Hall–Kier alpha value is -0.570. The molecular formula is C11H19NO2. The first-order valence-electron chi connectivity index (χ1n) is 5.74. The normalized spacial score (nSPS) is 31.8. The van der Waals surface area contributed by atoms with E-state index >= 15 is 0 Å². The lowest BCUT2D eigenvalue weighted by atomic mass is 10.0. The zero-order chi connectivity index (χ0) is 9.97. The molecule has 0 aliphatic heterocycles. The molecule has 2 rings (SSSR count). The maximum Gasteiger partial charge on any atom is 0.310 e. The van der Waals surface area contributed by atoms with Crippen LogP contribution in [-0.4, -0.2) is 24.7 Å². The molecule has 0 aromatic carbocycles. The van der Waals surface area contributed by atoms with Crippen molar-refractivity contribution >= 4 is 5.97 Å². The van der Waals surface area contributed by atoms with E-state index in [4.69, 9.17) is 4.74 Å². The summed E-state index contributed by atoms with van der Waals surface area (Å²) in [5, 5.41) is 3.54. The van der Waals surface area contributed by atoms with Crippen molar-refractivity contribution in [1.82, 2.24) is 5.32 Å². The van der Waals surface area contributed by atoms with Gasteiger partial charge in [0.1, 0.15) is 0 Å². The summed E-state index contributed by atoms with van der Waals surface area (Å²) >= 11 is 0. The minimum absolute atomic E-state index is 0.00292. The molecule has 3 nitrogen and oxygen atoms in total. The smallest absolute Gasteiger partial charge is 0.310 e. The number of rotatable bonds is 4. The van der Waals surface area contributed by atoms with Gasteiger partial charge in [0.25, 0.3) is 0 Å². The molecule has 14 heavy (non-hydrogen) atoms. The van der Waals surface area contributed by atoms with Gasteiger partial charge in [-0.1, -0.05) is 6.42 Å². The SMILES string of the molecule is CCOC(=O)[C@H]1CCC[C@H]1NC1CC1. The summed E-state index contributed by atoms with van der Waals surface area (Å²) in [6.45, 7) is 2.38. The van der Waals surface area contributed by atoms with Crippen LogP contribution in [0.3, 0.4) is 0 Å². The van der Waals surface area contributed by atoms with Gasteiger partial charge >= 0.3 is 5.97 Å². The van der Waals surface area contributed by atoms with Crippen molar-refractivity contribution in [1.29, 1.82) is 0 Å². The van der Waals surface area contributed by atoms with Crippen LogP contribution in [0.15, 0.2) is 0 Å². The Balaban J connectivity index is 1.84. The number of nitrogens with one attached hydrogen (secondary N) is 1. The molecule has 0 heterocycles. The van der Waals surface area contributed by atoms with Crippen LogP contribution >= 0.6 is 0 Å². The molecule has 2 atom stereocenters. The Bertz CT molecular complexity index is 213. The number of ether oxygens (including phenoxy) is 1. The molecule has 2 aliphatic rings. The molecular weight excluding hydrogens is 178 g/mol. The Morgan fingerprint density at radius 2 is 2.14 bits per heavy atom. The highest BCUT2D eigenvalue weighted by molar-refractivity contribution is 5.73. The topological polar surface area (TPSA) is 38.3 Å². The third-order valence-corrected chi connectivity index (χ3v) is 3.13. The van der Waals surface area contributed by atoms with Crippen LogP contribution in [0.4, 0.5) is 0 Å². The van der Waals surface area contributed by atoms with E-state index in [0.717, 1.165) is 19.3 Å². The summed E-state index contributed by atoms with van der Waals surface area (Å²) in [6.07, 6.45) is 5.87. The summed E-state index contributed by atoms with van der Waals surface area (Å²) in [4.78, 5) is 11.6. The van der Waals surface area contributed by atoms with Gasteiger partial charge in [-0.3, -0.25) is 4.79 Å². The van der Waals surface area contributed by atoms with Gasteiger partial charge in [0.2, 0.25) is 0 Å². The first-order valence-corrected chi connectivity index (χ1v) is 5.74. The minimum atomic E-state index is 0.00292. The van der Waals surface area contributed by atoms with E-state index in [1.165, 1.54) is 12.8 Å². The van der Waals surface area contributed by atoms with Crippen molar-refractivity contribution in [3.05, 3.63) is 0 Å². The molecule has 0 aromatic rings. The number of esters is 1. The van der Waals surface area contributed by atoms with Crippen molar-refractivity contribution in [3.63, 3.8) is 0 Å². The largest absolute Gasteiger partial charge is 0.466 e. The first kappa shape index (κ1) is 9.97. The number of hydrogen-bond acceptors (Lipinski definition) is 3. The van der Waals surface area contributed by atoms with Crippen LogP contribution in [0.25, 0.3) is 0 Å². The standard InChI is InChI=1S/C11H19NO2/c1-2-14-11(13)9-4-3-5-10(9)12-8-6-7-8/h8-10,12H,2-7H2,1H3/t9-,10+/m0/s1. The van der Waals surface area contributed by atoms with Crippen molar-refractivity contribution in [2.75, 3.05) is 6.61 Å². The van der Waals surface area contributed by atoms with E-state index in [2.05, 4.69) is 5.32 Å². The Kier molecular flexibility index (Phi) is 3.06. The molecule has 3 heteroatoms. The molecule has 0 spiro atoms. The van der Waals surface area contributed by atoms with Gasteiger partial charge in [0.05, 0.1) is 12.5 Å². The molecule has 0 radical (unpaired) electrons. The highest BCUT2D eigenvalue weighted by Crippen LogP contribution is 2.30. The number of carbonyl (C=O) groups is 1. The van der Waals surface area contributed by atoms with Crippen LogP contribution in [0.1, 0.15) is 39.0 Å². The van der Waals surface area contributed by atoms with Crippen LogP contribution in [-0.2, 0) is 9.53 Å². The highest BCUT2D eigenvalue weighted by Gasteiger charge is 2.37. The zero-order valence-electron chi connectivity index (χ0n) is 8.79. The molecule has 80 valence electrons. The maximum atomic E-state index is 11.6. The zero-order valence-corrected chi connectivity index (χ0v) is 8.79. The predicted molar refractivity (Wildman–Crippen MR) is 53.9 cm³/mol. The lowest BCUT2D eigenvalue weighted by Gasteiger charge is -2.19. The maximum absolute atomic E-state index is 11.6. The molecule has 0 bridgehead atoms. The van der Waals surface area contributed by atoms with Crippen LogP contribution in [0, 0.1) is 5.92 Å². The average molecular weight is 197 g/mol. The van der Waals surface area contributed by atoms with Crippen molar-refractivity contribution in [2.24, 2.45) is 5.92 Å². The van der Waals surface area contributed by atoms with Gasteiger partial charge in [-0.2, -0.15) is 0 Å². The first-order chi connectivity index (χ1) is 6.81. The van der Waals surface area contributed by atoms with E-state index in [-0.39, 0.29) is 11.9 Å². The van der Waals surface area contributed by atoms with Crippen LogP contribution < -0.4 is 5.32 Å². The highest BCUT2D eigenvalue weighted by atomic mass is 16.5. The lowest BCUT2D eigenvalue weighted by Crippen LogP contribution is -2.38. The lowest BCUT2D eigenvalue weighted by molar-refractivity contribution is -0.148. The summed E-state index contributed by atoms with van der Waals surface area (Å²) < 4.78 is 5.08. The number of hydrogen-bond donors (Lipinski definition) is 1. The van der Waals surface area contributed by atoms with Gasteiger partial charge in [0.15, 0.2) is 0 Å². The second-order valence-electron chi connectivity index (χ2n) is 4.34. The summed E-state index contributed by atoms with van der Waals surface area (Å²) in [6, 6.07) is 1.08. The van der Waals surface area contributed by atoms with Crippen molar-refractivity contribution < 1.29 is 9.53 Å². The van der Waals surface area contributed by atoms with Crippen molar-refractivity contribution in [2.45, 2.75) is 51.1 Å². The summed E-state index contributed by atoms with van der Waals surface area (Å²) in [7, 11) is 0. The van der Waals surface area contributed by atoms with E-state index < -0.39 is 0 Å². The monoisotopic (exact) mass is 197 g/mol. The molecule has 2 saturated carbocycles. The Morgan fingerprint density at radius 3 is 2.79 bits per heavy atom. The van der Waals surface area contributed by atoms with Gasteiger partial charge in [-0.05, 0) is 32.6 Å². The summed E-state index contributed by atoms with van der Waals surface area (Å²) in [5.74, 6) is 0.124. The fourth-order valence-electron chi connectivity index (χ4n) is 2.24. The van der Waals surface area contributed by atoms with Gasteiger partial charge in [-0.15, -0.1) is 0 Å². The fraction of sp³-hybridized carbons (Fsp3) is 0.909. The molecule has 2 fully saturated rings. The molecule has 0 unspecified atom stereocenters. The van der Waals surface area contributed by atoms with Crippen molar-refractivity contribution in [3.8, 4) is 0 Å². The van der Waals surface area contributed by atoms with E-state index in [0.29, 0.717) is 18.7 Å². The molecule has 2 aliphatic carbocycles. The van der Waals surface area contributed by atoms with E-state index in [1.807, 2.05) is 6.92 Å². The summed E-state index contributed by atoms with van der Waals surface area (Å²) in [5.41, 5.74) is 0. The molecule has 1 N–H and O–H groups in total. The fourth-order valence-corrected chi connectivity index (χ4v) is 2.24. The third-order valence-electron chi connectivity index (χ3n) is 3.13. The predicted octanol–water partition coefficient (Wildman–Crippen LogP) is 1.47. The van der Waals surface area contributed by atoms with Crippen LogP contribution in [0.2, 0.25) is 0 Å². The van der Waals surface area contributed by atoms with Gasteiger partial charge in [-0.25, -0.2) is 0 Å². The van der Waals surface area contributed by atoms with E-state index in [9.17, 15) is 4.79 Å². The van der Waals surface area contributed by atoms with E-state index in [1.54, 1.807) is 0 Å². The number of carbonyl (C=O) groups excluding carboxylic acids is 1. The second-order valence-corrected chi connectivity index (χ2v) is 4.34. The van der Waals surface area contributed by atoms with Gasteiger partial charge < -0.3 is 10.1 Å². The Labute approximate surface area is 85.2 Å². The Morgan fingerprint density at radius 1 is 1.36 bits per heavy atom. The second kappa shape index (κ2) is 4.30. The minimum Gasteiger partial charge on any atom is -0.466 e. The third kappa shape index (κ3) is 2.27. The molecule has 0 aromatic heterocycles. The average Bonchev–Trinajstić information content (AvgIpc) is 2.82. The van der Waals surface area contributed by atoms with Crippen LogP contribution in [0.5, 0.6) is 0 Å². The quantitative estimate of drug-likeness (QED) is 0.694. The van der Waals surface area contributed by atoms with Gasteiger partial charge in [0, 0.05) is 12.1 Å². The molecule has 0 amide bonds. The molecule has 0 saturated heterocycles.